The number of hydrogen-bond donors (Lipinski definition) is 1. The number of aliphatic hydroxyl groups is 1. The standard InChI is InChI=1S/C9H13IN2O/c10-7-5-11-12(6-7)8-3-1-2-4-9(8)13/h5-6,8-9,13H,1-4H2/t8-,9-/m1/s1. The Balaban J connectivity index is 2.14. The van der Waals surface area contributed by atoms with Gasteiger partial charge in [-0.05, 0) is 35.4 Å². The van der Waals surface area contributed by atoms with Crippen LogP contribution in [0, 0.1) is 3.57 Å². The monoisotopic (exact) mass is 292 g/mol. The predicted octanol–water partition coefficient (Wildman–Crippen LogP) is 1.96. The van der Waals surface area contributed by atoms with Crippen LogP contribution in [-0.4, -0.2) is 21.0 Å². The van der Waals surface area contributed by atoms with Gasteiger partial charge >= 0.3 is 0 Å². The minimum absolute atomic E-state index is 0.204. The number of hydrogen-bond acceptors (Lipinski definition) is 2. The molecule has 1 aromatic rings. The van der Waals surface area contributed by atoms with Crippen LogP contribution in [0.4, 0.5) is 0 Å². The lowest BCUT2D eigenvalue weighted by Crippen LogP contribution is -2.27. The molecule has 3 nitrogen and oxygen atoms in total. The van der Waals surface area contributed by atoms with E-state index < -0.39 is 0 Å². The van der Waals surface area contributed by atoms with E-state index in [4.69, 9.17) is 0 Å². The average Bonchev–Trinajstić information content (AvgIpc) is 2.53. The molecule has 2 rings (SSSR count). The fourth-order valence-electron chi connectivity index (χ4n) is 1.90. The normalized spacial score (nSPS) is 29.1. The molecule has 0 radical (unpaired) electrons. The predicted molar refractivity (Wildman–Crippen MR) is 58.5 cm³/mol. The average molecular weight is 292 g/mol. The summed E-state index contributed by atoms with van der Waals surface area (Å²) in [5.41, 5.74) is 0. The first-order valence-electron chi connectivity index (χ1n) is 4.65. The van der Waals surface area contributed by atoms with Crippen molar-refractivity contribution in [2.75, 3.05) is 0 Å². The van der Waals surface area contributed by atoms with Gasteiger partial charge in [-0.15, -0.1) is 0 Å². The molecule has 0 bridgehead atoms. The Kier molecular flexibility index (Phi) is 2.88. The van der Waals surface area contributed by atoms with Crippen molar-refractivity contribution in [1.29, 1.82) is 0 Å². The first kappa shape index (κ1) is 9.45. The molecular formula is C9H13IN2O. The molecule has 0 amide bonds. The van der Waals surface area contributed by atoms with E-state index in [1.165, 1.54) is 6.42 Å². The molecule has 2 atom stereocenters. The summed E-state index contributed by atoms with van der Waals surface area (Å²) < 4.78 is 3.04. The SMILES string of the molecule is O[C@@H]1CCCC[C@H]1n1cc(I)cn1. The lowest BCUT2D eigenvalue weighted by Gasteiger charge is -2.27. The van der Waals surface area contributed by atoms with Crippen LogP contribution in [0.1, 0.15) is 31.7 Å². The van der Waals surface area contributed by atoms with E-state index in [-0.39, 0.29) is 12.1 Å². The maximum Gasteiger partial charge on any atom is 0.0778 e. The molecule has 0 saturated heterocycles. The van der Waals surface area contributed by atoms with E-state index in [0.29, 0.717) is 0 Å². The molecule has 1 N–H and O–H groups in total. The van der Waals surface area contributed by atoms with E-state index in [1.54, 1.807) is 0 Å². The second-order valence-electron chi connectivity index (χ2n) is 3.56. The fourth-order valence-corrected chi connectivity index (χ4v) is 2.31. The molecule has 1 saturated carbocycles. The van der Waals surface area contributed by atoms with Gasteiger partial charge in [0.2, 0.25) is 0 Å². The molecular weight excluding hydrogens is 279 g/mol. The lowest BCUT2D eigenvalue weighted by molar-refractivity contribution is 0.0694. The summed E-state index contributed by atoms with van der Waals surface area (Å²) in [6.07, 6.45) is 7.96. The zero-order valence-corrected chi connectivity index (χ0v) is 9.51. The highest BCUT2D eigenvalue weighted by Crippen LogP contribution is 2.28. The van der Waals surface area contributed by atoms with Crippen molar-refractivity contribution >= 4 is 22.6 Å². The molecule has 0 aromatic carbocycles. The Morgan fingerprint density at radius 1 is 1.46 bits per heavy atom. The van der Waals surface area contributed by atoms with Gasteiger partial charge in [0.15, 0.2) is 0 Å². The highest BCUT2D eigenvalue weighted by atomic mass is 127. The summed E-state index contributed by atoms with van der Waals surface area (Å²) in [6.45, 7) is 0. The number of nitrogens with zero attached hydrogens (tertiary/aromatic N) is 2. The number of rotatable bonds is 1. The van der Waals surface area contributed by atoms with Gasteiger partial charge in [-0.25, -0.2) is 0 Å². The number of halogens is 1. The topological polar surface area (TPSA) is 38.0 Å². The van der Waals surface area contributed by atoms with Gasteiger partial charge in [0, 0.05) is 6.20 Å². The van der Waals surface area contributed by atoms with Crippen molar-refractivity contribution in [3.8, 4) is 0 Å². The van der Waals surface area contributed by atoms with Crippen molar-refractivity contribution in [2.45, 2.75) is 37.8 Å². The highest BCUT2D eigenvalue weighted by Gasteiger charge is 2.24. The summed E-state index contributed by atoms with van der Waals surface area (Å²) in [4.78, 5) is 0. The molecule has 4 heteroatoms. The Morgan fingerprint density at radius 3 is 2.85 bits per heavy atom. The molecule has 72 valence electrons. The summed E-state index contributed by atoms with van der Waals surface area (Å²) in [5, 5.41) is 14.0. The van der Waals surface area contributed by atoms with Gasteiger partial charge in [0.1, 0.15) is 0 Å². The maximum absolute atomic E-state index is 9.77. The highest BCUT2D eigenvalue weighted by molar-refractivity contribution is 14.1. The van der Waals surface area contributed by atoms with Crippen LogP contribution in [-0.2, 0) is 0 Å². The third-order valence-corrected chi connectivity index (χ3v) is 3.16. The van der Waals surface area contributed by atoms with Crippen molar-refractivity contribution in [3.63, 3.8) is 0 Å². The second-order valence-corrected chi connectivity index (χ2v) is 4.80. The van der Waals surface area contributed by atoms with Crippen LogP contribution >= 0.6 is 22.6 Å². The first-order chi connectivity index (χ1) is 6.27. The largest absolute Gasteiger partial charge is 0.391 e. The molecule has 13 heavy (non-hydrogen) atoms. The minimum Gasteiger partial charge on any atom is -0.391 e. The molecule has 1 aromatic heterocycles. The number of aliphatic hydroxyl groups excluding tert-OH is 1. The van der Waals surface area contributed by atoms with Crippen LogP contribution in [0.15, 0.2) is 12.4 Å². The summed E-state index contributed by atoms with van der Waals surface area (Å²) in [5.74, 6) is 0. The van der Waals surface area contributed by atoms with E-state index in [2.05, 4.69) is 27.7 Å². The molecule has 0 spiro atoms. The maximum atomic E-state index is 9.77. The van der Waals surface area contributed by atoms with Gasteiger partial charge < -0.3 is 5.11 Å². The molecule has 0 aliphatic heterocycles. The zero-order chi connectivity index (χ0) is 9.26. The van der Waals surface area contributed by atoms with Crippen molar-refractivity contribution in [2.24, 2.45) is 0 Å². The fraction of sp³-hybridized carbons (Fsp3) is 0.667. The van der Waals surface area contributed by atoms with E-state index in [1.807, 2.05) is 17.1 Å². The third kappa shape index (κ3) is 2.04. The Bertz CT molecular complexity index is 287. The molecule has 1 heterocycles. The zero-order valence-electron chi connectivity index (χ0n) is 7.36. The molecule has 1 fully saturated rings. The van der Waals surface area contributed by atoms with Crippen molar-refractivity contribution in [3.05, 3.63) is 16.0 Å². The van der Waals surface area contributed by atoms with Crippen LogP contribution in [0.2, 0.25) is 0 Å². The summed E-state index contributed by atoms with van der Waals surface area (Å²) in [6, 6.07) is 0.206. The molecule has 1 aliphatic carbocycles. The van der Waals surface area contributed by atoms with E-state index in [9.17, 15) is 5.11 Å². The van der Waals surface area contributed by atoms with Gasteiger partial charge in [-0.3, -0.25) is 4.68 Å². The quantitative estimate of drug-likeness (QED) is 0.804. The van der Waals surface area contributed by atoms with Crippen LogP contribution < -0.4 is 0 Å². The van der Waals surface area contributed by atoms with Crippen LogP contribution in [0.5, 0.6) is 0 Å². The van der Waals surface area contributed by atoms with E-state index in [0.717, 1.165) is 22.8 Å². The van der Waals surface area contributed by atoms with E-state index >= 15 is 0 Å². The van der Waals surface area contributed by atoms with Gasteiger partial charge in [0.25, 0.3) is 0 Å². The van der Waals surface area contributed by atoms with Gasteiger partial charge in [-0.2, -0.15) is 5.10 Å². The minimum atomic E-state index is -0.204. The summed E-state index contributed by atoms with van der Waals surface area (Å²) in [7, 11) is 0. The Hall–Kier alpha value is -0.100. The Morgan fingerprint density at radius 2 is 2.23 bits per heavy atom. The lowest BCUT2D eigenvalue weighted by atomic mass is 9.93. The van der Waals surface area contributed by atoms with Crippen molar-refractivity contribution in [1.82, 2.24) is 9.78 Å². The van der Waals surface area contributed by atoms with Crippen LogP contribution in [0.3, 0.4) is 0 Å². The smallest absolute Gasteiger partial charge is 0.0778 e. The first-order valence-corrected chi connectivity index (χ1v) is 5.73. The van der Waals surface area contributed by atoms with Gasteiger partial charge in [-0.1, -0.05) is 12.8 Å². The number of aromatic nitrogens is 2. The third-order valence-electron chi connectivity index (χ3n) is 2.60. The Labute approximate surface area is 91.3 Å². The second kappa shape index (κ2) is 3.96. The van der Waals surface area contributed by atoms with Gasteiger partial charge in [0.05, 0.1) is 21.9 Å². The summed E-state index contributed by atoms with van der Waals surface area (Å²) >= 11 is 2.24. The van der Waals surface area contributed by atoms with Crippen LogP contribution in [0.25, 0.3) is 0 Å². The van der Waals surface area contributed by atoms with Crippen molar-refractivity contribution < 1.29 is 5.11 Å². The molecule has 1 aliphatic rings. The molecule has 0 unspecified atom stereocenters.